The molecule has 0 aromatic heterocycles. The summed E-state index contributed by atoms with van der Waals surface area (Å²) < 4.78 is 38.5. The van der Waals surface area contributed by atoms with Crippen LogP contribution in [0.4, 0.5) is 14.5 Å². The largest absolute Gasteiger partial charge is 0.497 e. The second kappa shape index (κ2) is 10.4. The van der Waals surface area contributed by atoms with Crippen LogP contribution in [0, 0.1) is 11.6 Å². The molecular formula is C22H29F2N3O3+2. The average Bonchev–Trinajstić information content (AvgIpc) is 2.76. The number of nitrogens with one attached hydrogen (secondary N) is 3. The Morgan fingerprint density at radius 2 is 1.63 bits per heavy atom. The van der Waals surface area contributed by atoms with Gasteiger partial charge in [0.15, 0.2) is 6.04 Å². The van der Waals surface area contributed by atoms with Gasteiger partial charge >= 0.3 is 0 Å². The van der Waals surface area contributed by atoms with Gasteiger partial charge in [-0.3, -0.25) is 4.79 Å². The van der Waals surface area contributed by atoms with Crippen LogP contribution in [0.3, 0.4) is 0 Å². The minimum Gasteiger partial charge on any atom is -0.497 e. The maximum absolute atomic E-state index is 13.8. The molecule has 6 nitrogen and oxygen atoms in total. The monoisotopic (exact) mass is 421 g/mol. The van der Waals surface area contributed by atoms with Crippen molar-refractivity contribution in [2.24, 2.45) is 0 Å². The van der Waals surface area contributed by atoms with Crippen molar-refractivity contribution in [3.05, 3.63) is 54.1 Å². The standard InChI is InChI=1S/C22H27F2N3O3/c1-16(22(28)25-21-19(23)4-3-5-20(21)24)27-12-10-26(11-13-27)14-15-30-18-8-6-17(29-2)7-9-18/h3-9,16H,10-15H2,1-2H3,(H,25,28)/p+2/t16-/m1/s1. The molecule has 1 heterocycles. The number of hydrogen-bond donors (Lipinski definition) is 3. The van der Waals surface area contributed by atoms with E-state index in [9.17, 15) is 13.6 Å². The van der Waals surface area contributed by atoms with Gasteiger partial charge in [-0.05, 0) is 43.3 Å². The quantitative estimate of drug-likeness (QED) is 0.570. The van der Waals surface area contributed by atoms with Gasteiger partial charge in [-0.15, -0.1) is 0 Å². The highest BCUT2D eigenvalue weighted by Crippen LogP contribution is 2.18. The van der Waals surface area contributed by atoms with Crippen LogP contribution in [0.15, 0.2) is 42.5 Å². The number of hydrogen-bond acceptors (Lipinski definition) is 3. The Bertz CT molecular complexity index is 820. The molecule has 1 saturated heterocycles. The van der Waals surface area contributed by atoms with Crippen LogP contribution >= 0.6 is 0 Å². The first-order valence-electron chi connectivity index (χ1n) is 10.2. The van der Waals surface area contributed by atoms with E-state index in [1.807, 2.05) is 24.3 Å². The predicted molar refractivity (Wildman–Crippen MR) is 109 cm³/mol. The van der Waals surface area contributed by atoms with Gasteiger partial charge in [0.25, 0.3) is 5.91 Å². The highest BCUT2D eigenvalue weighted by Gasteiger charge is 2.31. The van der Waals surface area contributed by atoms with Gasteiger partial charge in [-0.2, -0.15) is 0 Å². The molecule has 30 heavy (non-hydrogen) atoms. The molecule has 162 valence electrons. The normalized spacial score (nSPS) is 19.7. The third-order valence-corrected chi connectivity index (χ3v) is 5.60. The average molecular weight is 421 g/mol. The van der Waals surface area contributed by atoms with E-state index in [4.69, 9.17) is 9.47 Å². The number of rotatable bonds is 8. The van der Waals surface area contributed by atoms with Crippen LogP contribution in [0.5, 0.6) is 11.5 Å². The molecule has 1 aliphatic rings. The van der Waals surface area contributed by atoms with Crippen molar-refractivity contribution >= 4 is 11.6 Å². The zero-order chi connectivity index (χ0) is 21.5. The lowest BCUT2D eigenvalue weighted by molar-refractivity contribution is -1.02. The van der Waals surface area contributed by atoms with Crippen LogP contribution in [0.1, 0.15) is 6.92 Å². The number of methoxy groups -OCH3 is 1. The molecule has 0 unspecified atom stereocenters. The number of benzene rings is 2. The Kier molecular flexibility index (Phi) is 7.59. The zero-order valence-electron chi connectivity index (χ0n) is 17.3. The highest BCUT2D eigenvalue weighted by molar-refractivity contribution is 5.93. The van der Waals surface area contributed by atoms with E-state index < -0.39 is 11.6 Å². The van der Waals surface area contributed by atoms with Gasteiger partial charge in [0, 0.05) is 0 Å². The summed E-state index contributed by atoms with van der Waals surface area (Å²) in [5.74, 6) is -0.304. The SMILES string of the molecule is COc1ccc(OCC[NH+]2CC[NH+]([C@H](C)C(=O)Nc3c(F)cccc3F)CC2)cc1. The second-order valence-corrected chi connectivity index (χ2v) is 7.49. The van der Waals surface area contributed by atoms with Crippen LogP contribution in [-0.4, -0.2) is 58.4 Å². The molecule has 2 aromatic carbocycles. The lowest BCUT2D eigenvalue weighted by Crippen LogP contribution is -3.30. The van der Waals surface area contributed by atoms with Crippen molar-refractivity contribution in [3.63, 3.8) is 0 Å². The van der Waals surface area contributed by atoms with Crippen LogP contribution in [0.25, 0.3) is 0 Å². The van der Waals surface area contributed by atoms with E-state index in [1.54, 1.807) is 14.0 Å². The summed E-state index contributed by atoms with van der Waals surface area (Å²) in [5, 5.41) is 2.40. The van der Waals surface area contributed by atoms with Crippen LogP contribution in [-0.2, 0) is 4.79 Å². The topological polar surface area (TPSA) is 56.4 Å². The number of halogens is 2. The van der Waals surface area contributed by atoms with Gasteiger partial charge in [-0.25, -0.2) is 8.78 Å². The van der Waals surface area contributed by atoms with E-state index >= 15 is 0 Å². The third kappa shape index (κ3) is 5.67. The Morgan fingerprint density at radius 3 is 2.23 bits per heavy atom. The first kappa shape index (κ1) is 22.0. The van der Waals surface area contributed by atoms with Crippen LogP contribution in [0.2, 0.25) is 0 Å². The molecule has 0 bridgehead atoms. The van der Waals surface area contributed by atoms with Gasteiger partial charge in [0.2, 0.25) is 0 Å². The molecule has 1 fully saturated rings. The van der Waals surface area contributed by atoms with Crippen molar-refractivity contribution in [2.75, 3.05) is 51.8 Å². The number of ether oxygens (including phenoxy) is 2. The number of anilines is 1. The minimum absolute atomic E-state index is 0.375. The molecule has 0 radical (unpaired) electrons. The smallest absolute Gasteiger partial charge is 0.282 e. The van der Waals surface area contributed by atoms with Crippen molar-refractivity contribution in [3.8, 4) is 11.5 Å². The Balaban J connectivity index is 1.41. The zero-order valence-corrected chi connectivity index (χ0v) is 17.3. The van der Waals surface area contributed by atoms with E-state index in [0.29, 0.717) is 6.61 Å². The molecule has 0 saturated carbocycles. The predicted octanol–water partition coefficient (Wildman–Crippen LogP) is 0.163. The molecule has 2 aromatic rings. The first-order valence-corrected chi connectivity index (χ1v) is 10.2. The first-order chi connectivity index (χ1) is 14.5. The Hall–Kier alpha value is -2.71. The summed E-state index contributed by atoms with van der Waals surface area (Å²) >= 11 is 0. The van der Waals surface area contributed by atoms with Crippen molar-refractivity contribution in [1.82, 2.24) is 0 Å². The number of para-hydroxylation sites is 1. The third-order valence-electron chi connectivity index (χ3n) is 5.60. The lowest BCUT2D eigenvalue weighted by atomic mass is 10.2. The summed E-state index contributed by atoms with van der Waals surface area (Å²) in [6, 6.07) is 10.6. The van der Waals surface area contributed by atoms with Crippen molar-refractivity contribution in [1.29, 1.82) is 0 Å². The summed E-state index contributed by atoms with van der Waals surface area (Å²) in [6.45, 7) is 6.72. The molecule has 1 aliphatic heterocycles. The fraction of sp³-hybridized carbons (Fsp3) is 0.409. The summed E-state index contributed by atoms with van der Waals surface area (Å²) in [4.78, 5) is 15.0. The lowest BCUT2D eigenvalue weighted by Gasteiger charge is -2.32. The van der Waals surface area contributed by atoms with Crippen LogP contribution < -0.4 is 24.6 Å². The molecule has 0 spiro atoms. The maximum Gasteiger partial charge on any atom is 0.282 e. The van der Waals surface area contributed by atoms with Gasteiger partial charge in [0.1, 0.15) is 68.2 Å². The molecule has 0 aliphatic carbocycles. The van der Waals surface area contributed by atoms with E-state index in [-0.39, 0.29) is 17.6 Å². The molecule has 8 heteroatoms. The second-order valence-electron chi connectivity index (χ2n) is 7.49. The van der Waals surface area contributed by atoms with E-state index in [2.05, 4.69) is 5.32 Å². The molecular weight excluding hydrogens is 392 g/mol. The Morgan fingerprint density at radius 1 is 1.03 bits per heavy atom. The molecule has 3 rings (SSSR count). The van der Waals surface area contributed by atoms with Crippen molar-refractivity contribution < 1.29 is 32.8 Å². The number of carbonyl (C=O) groups is 1. The fourth-order valence-electron chi connectivity index (χ4n) is 3.63. The van der Waals surface area contributed by atoms with Gasteiger partial charge in [0.05, 0.1) is 7.11 Å². The molecule has 1 amide bonds. The number of piperazine rings is 1. The van der Waals surface area contributed by atoms with Gasteiger partial charge < -0.3 is 24.6 Å². The highest BCUT2D eigenvalue weighted by atomic mass is 19.1. The van der Waals surface area contributed by atoms with Crippen molar-refractivity contribution in [2.45, 2.75) is 13.0 Å². The van der Waals surface area contributed by atoms with E-state index in [0.717, 1.165) is 61.3 Å². The van der Waals surface area contributed by atoms with Gasteiger partial charge in [-0.1, -0.05) is 6.07 Å². The molecule has 3 N–H and O–H groups in total. The number of amides is 1. The van der Waals surface area contributed by atoms with E-state index in [1.165, 1.54) is 11.0 Å². The summed E-state index contributed by atoms with van der Waals surface area (Å²) in [6.07, 6.45) is 0. The summed E-state index contributed by atoms with van der Waals surface area (Å²) in [5.41, 5.74) is -0.381. The number of carbonyl (C=O) groups excluding carboxylic acids is 1. The number of quaternary nitrogens is 2. The minimum atomic E-state index is -0.767. The fourth-order valence-corrected chi connectivity index (χ4v) is 3.63. The molecule has 1 atom stereocenters. The Labute approximate surface area is 175 Å². The summed E-state index contributed by atoms with van der Waals surface area (Å²) in [7, 11) is 1.63. The maximum atomic E-state index is 13.8.